The molecule has 1 aromatic carbocycles. The number of nitrogens with one attached hydrogen (secondary N) is 1. The first-order chi connectivity index (χ1) is 17.1. The Balaban J connectivity index is 1.20. The molecule has 6 atom stereocenters. The molecule has 0 bridgehead atoms. The van der Waals surface area contributed by atoms with E-state index in [0.29, 0.717) is 46.7 Å². The lowest BCUT2D eigenvalue weighted by molar-refractivity contribution is -0.136. The SMILES string of the molecule is CC1=C2N(C)C(=O)CC[C@]2(C)C2CC[C@]3(C)[C@@H](CC(=O)Nc4nc5c(Cl)cccc5s4)CC[C@H]3C2C1. The van der Waals surface area contributed by atoms with Crippen LogP contribution in [0.25, 0.3) is 10.2 Å². The van der Waals surface area contributed by atoms with E-state index in [-0.39, 0.29) is 22.6 Å². The Kier molecular flexibility index (Phi) is 5.80. The molecular formula is C29H36ClN3O2S. The summed E-state index contributed by atoms with van der Waals surface area (Å²) in [6.45, 7) is 7.15. The normalized spacial score (nSPS) is 36.0. The Hall–Kier alpha value is -1.92. The van der Waals surface area contributed by atoms with Gasteiger partial charge in [0, 0.05) is 31.0 Å². The van der Waals surface area contributed by atoms with Crippen LogP contribution in [0.3, 0.4) is 0 Å². The van der Waals surface area contributed by atoms with E-state index in [1.165, 1.54) is 41.9 Å². The number of aromatic nitrogens is 1. The lowest BCUT2D eigenvalue weighted by atomic mass is 9.48. The first-order valence-electron chi connectivity index (χ1n) is 13.4. The fourth-order valence-electron chi connectivity index (χ4n) is 8.92. The van der Waals surface area contributed by atoms with E-state index in [0.717, 1.165) is 29.5 Å². The van der Waals surface area contributed by atoms with E-state index < -0.39 is 0 Å². The molecule has 1 saturated heterocycles. The number of anilines is 1. The maximum Gasteiger partial charge on any atom is 0.226 e. The van der Waals surface area contributed by atoms with Crippen LogP contribution in [0.5, 0.6) is 0 Å². The van der Waals surface area contributed by atoms with E-state index in [1.807, 2.05) is 30.1 Å². The Morgan fingerprint density at radius 3 is 2.81 bits per heavy atom. The Labute approximate surface area is 222 Å². The van der Waals surface area contributed by atoms with Crippen molar-refractivity contribution < 1.29 is 9.59 Å². The molecule has 192 valence electrons. The summed E-state index contributed by atoms with van der Waals surface area (Å²) in [5.41, 5.74) is 3.78. The highest BCUT2D eigenvalue weighted by Gasteiger charge is 2.60. The molecule has 3 fully saturated rings. The molecule has 36 heavy (non-hydrogen) atoms. The monoisotopic (exact) mass is 525 g/mol. The average Bonchev–Trinajstić information content (AvgIpc) is 3.38. The molecule has 1 aliphatic heterocycles. The van der Waals surface area contributed by atoms with Crippen LogP contribution in [0.1, 0.15) is 72.1 Å². The zero-order valence-corrected chi connectivity index (χ0v) is 23.3. The summed E-state index contributed by atoms with van der Waals surface area (Å²) in [6.07, 6.45) is 7.99. The summed E-state index contributed by atoms with van der Waals surface area (Å²) in [5.74, 6) is 2.66. The number of likely N-dealkylation sites (tertiary alicyclic amines) is 1. The highest BCUT2D eigenvalue weighted by molar-refractivity contribution is 7.22. The van der Waals surface area contributed by atoms with Crippen molar-refractivity contribution in [1.82, 2.24) is 9.88 Å². The van der Waals surface area contributed by atoms with Gasteiger partial charge in [-0.15, -0.1) is 0 Å². The number of nitrogens with zero attached hydrogens (tertiary/aromatic N) is 2. The number of benzene rings is 1. The number of hydrogen-bond donors (Lipinski definition) is 1. The molecule has 3 aliphatic carbocycles. The second kappa shape index (κ2) is 8.56. The summed E-state index contributed by atoms with van der Waals surface area (Å²) < 4.78 is 0.993. The van der Waals surface area contributed by atoms with E-state index in [1.54, 1.807) is 0 Å². The summed E-state index contributed by atoms with van der Waals surface area (Å²) in [5, 5.41) is 4.33. The number of thiazole rings is 1. The summed E-state index contributed by atoms with van der Waals surface area (Å²) in [6, 6.07) is 5.74. The third-order valence-corrected chi connectivity index (χ3v) is 11.8. The van der Waals surface area contributed by atoms with E-state index >= 15 is 0 Å². The van der Waals surface area contributed by atoms with Crippen LogP contribution in [0, 0.1) is 34.5 Å². The number of halogens is 1. The van der Waals surface area contributed by atoms with E-state index in [2.05, 4.69) is 31.1 Å². The maximum absolute atomic E-state index is 13.2. The molecule has 0 radical (unpaired) electrons. The number of para-hydroxylation sites is 1. The number of rotatable bonds is 3. The lowest BCUT2D eigenvalue weighted by Crippen LogP contribution is -2.54. The highest BCUT2D eigenvalue weighted by Crippen LogP contribution is 2.67. The topological polar surface area (TPSA) is 62.3 Å². The number of allylic oxidation sites excluding steroid dienone is 2. The van der Waals surface area contributed by atoms with Crippen molar-refractivity contribution in [2.45, 2.75) is 72.1 Å². The minimum absolute atomic E-state index is 0.0700. The van der Waals surface area contributed by atoms with Gasteiger partial charge in [0.15, 0.2) is 5.13 Å². The van der Waals surface area contributed by atoms with Gasteiger partial charge < -0.3 is 10.2 Å². The van der Waals surface area contributed by atoms with Gasteiger partial charge in [-0.3, -0.25) is 9.59 Å². The predicted octanol–water partition coefficient (Wildman–Crippen LogP) is 7.27. The van der Waals surface area contributed by atoms with Crippen LogP contribution in [0.4, 0.5) is 5.13 Å². The largest absolute Gasteiger partial charge is 0.319 e. The fraction of sp³-hybridized carbons (Fsp3) is 0.621. The Morgan fingerprint density at radius 1 is 1.22 bits per heavy atom. The first kappa shape index (κ1) is 24.4. The standard InChI is InChI=1S/C29H36ClN3O2S/c1-16-14-18-19-9-8-17(15-23(34)31-27-32-25-21(30)6-5-7-22(25)36-27)28(19,2)12-10-20(18)29(3)13-11-24(35)33(4)26(16)29/h5-7,17-20H,8-15H2,1-4H3,(H,31,32,34)/t17-,18?,19+,20?,28-,29-/m1/s1. The van der Waals surface area contributed by atoms with E-state index in [4.69, 9.17) is 11.6 Å². The molecule has 6 rings (SSSR count). The van der Waals surface area contributed by atoms with Crippen molar-refractivity contribution in [3.63, 3.8) is 0 Å². The number of carbonyl (C=O) groups is 2. The molecule has 0 spiro atoms. The number of hydrogen-bond acceptors (Lipinski definition) is 4. The molecule has 5 nitrogen and oxygen atoms in total. The Morgan fingerprint density at radius 2 is 2.03 bits per heavy atom. The van der Waals surface area contributed by atoms with Crippen molar-refractivity contribution in [3.05, 3.63) is 34.5 Å². The van der Waals surface area contributed by atoms with Crippen molar-refractivity contribution >= 4 is 50.1 Å². The zero-order chi connectivity index (χ0) is 25.4. The third-order valence-electron chi connectivity index (χ3n) is 10.6. The minimum Gasteiger partial charge on any atom is -0.319 e. The van der Waals surface area contributed by atoms with Crippen LogP contribution >= 0.6 is 22.9 Å². The van der Waals surface area contributed by atoms with Gasteiger partial charge in [0.1, 0.15) is 5.52 Å². The summed E-state index contributed by atoms with van der Waals surface area (Å²) >= 11 is 7.77. The maximum atomic E-state index is 13.2. The molecule has 2 unspecified atom stereocenters. The Bertz CT molecular complexity index is 1290. The zero-order valence-electron chi connectivity index (χ0n) is 21.7. The number of carbonyl (C=O) groups excluding carboxylic acids is 2. The minimum atomic E-state index is 0.0700. The molecule has 2 amide bonds. The van der Waals surface area contributed by atoms with E-state index in [9.17, 15) is 9.59 Å². The van der Waals surface area contributed by atoms with Crippen molar-refractivity contribution in [2.75, 3.05) is 12.4 Å². The lowest BCUT2D eigenvalue weighted by Gasteiger charge is -2.59. The second-order valence-corrected chi connectivity index (χ2v) is 13.7. The quantitative estimate of drug-likeness (QED) is 0.458. The van der Waals surface area contributed by atoms with Crippen LogP contribution in [-0.2, 0) is 9.59 Å². The van der Waals surface area contributed by atoms with Gasteiger partial charge in [0.2, 0.25) is 11.8 Å². The number of piperidine rings is 1. The van der Waals surface area contributed by atoms with Crippen LogP contribution in [0.2, 0.25) is 5.02 Å². The van der Waals surface area contributed by atoms with Gasteiger partial charge >= 0.3 is 0 Å². The highest BCUT2D eigenvalue weighted by atomic mass is 35.5. The molecule has 2 saturated carbocycles. The molecule has 4 aliphatic rings. The first-order valence-corrected chi connectivity index (χ1v) is 14.6. The molecule has 1 aromatic heterocycles. The number of fused-ring (bicyclic) bond motifs is 6. The van der Waals surface area contributed by atoms with Crippen LogP contribution < -0.4 is 5.32 Å². The molecule has 7 heteroatoms. The van der Waals surface area contributed by atoms with Gasteiger partial charge in [-0.05, 0) is 86.7 Å². The fourth-order valence-corrected chi connectivity index (χ4v) is 10.1. The molecule has 2 heterocycles. The molecular weight excluding hydrogens is 490 g/mol. The van der Waals surface area contributed by atoms with Gasteiger partial charge in [-0.2, -0.15) is 0 Å². The molecule has 1 N–H and O–H groups in total. The average molecular weight is 526 g/mol. The van der Waals surface area contributed by atoms with Crippen molar-refractivity contribution in [1.29, 1.82) is 0 Å². The van der Waals surface area contributed by atoms with Crippen molar-refractivity contribution in [3.8, 4) is 0 Å². The van der Waals surface area contributed by atoms with Crippen molar-refractivity contribution in [2.24, 2.45) is 34.5 Å². The molecule has 2 aromatic rings. The summed E-state index contributed by atoms with van der Waals surface area (Å²) in [4.78, 5) is 32.2. The van der Waals surface area contributed by atoms with Gasteiger partial charge in [0.25, 0.3) is 0 Å². The van der Waals surface area contributed by atoms with Crippen LogP contribution in [-0.4, -0.2) is 28.7 Å². The van der Waals surface area contributed by atoms with Crippen LogP contribution in [0.15, 0.2) is 29.5 Å². The smallest absolute Gasteiger partial charge is 0.226 e. The third kappa shape index (κ3) is 3.58. The summed E-state index contributed by atoms with van der Waals surface area (Å²) in [7, 11) is 1.98. The van der Waals surface area contributed by atoms with Gasteiger partial charge in [-0.1, -0.05) is 48.4 Å². The second-order valence-electron chi connectivity index (χ2n) is 12.3. The van der Waals surface area contributed by atoms with Gasteiger partial charge in [-0.25, -0.2) is 4.98 Å². The number of amides is 2. The predicted molar refractivity (Wildman–Crippen MR) is 146 cm³/mol. The van der Waals surface area contributed by atoms with Gasteiger partial charge in [0.05, 0.1) is 9.72 Å².